The number of pyridine rings is 2. The molecular weight excluding hydrogens is 788 g/mol. The largest absolute Gasteiger partial charge is 0.505 e. The number of esters is 1. The fourth-order valence-corrected chi connectivity index (χ4v) is 5.05. The Morgan fingerprint density at radius 2 is 1.11 bits per heavy atom. The number of H-pyrrole nitrogens is 2. The van der Waals surface area contributed by atoms with Crippen molar-refractivity contribution in [2.45, 2.75) is 54.8 Å². The van der Waals surface area contributed by atoms with Crippen LogP contribution in [0.4, 0.5) is 17.6 Å². The molecule has 3 N–H and O–H groups in total. The molecule has 0 aliphatic carbocycles. The summed E-state index contributed by atoms with van der Waals surface area (Å²) >= 11 is 4.97. The van der Waals surface area contributed by atoms with Crippen LogP contribution in [-0.4, -0.2) is 79.0 Å². The molecule has 0 aliphatic rings. The maximum atomic E-state index is 12.9. The topological polar surface area (TPSA) is 235 Å². The zero-order valence-electron chi connectivity index (χ0n) is 31.4. The predicted octanol–water partition coefficient (Wildman–Crippen LogP) is 4.93. The Labute approximate surface area is 323 Å². The van der Waals surface area contributed by atoms with E-state index in [4.69, 9.17) is 16.3 Å². The Kier molecular flexibility index (Phi) is 13.7. The van der Waals surface area contributed by atoms with E-state index in [1.54, 1.807) is 27.7 Å². The number of hydrogen-bond donors (Lipinski definition) is 3. The summed E-state index contributed by atoms with van der Waals surface area (Å²) in [4.78, 5) is 68.2. The minimum absolute atomic E-state index is 0.0216. The van der Waals surface area contributed by atoms with Gasteiger partial charge in [0.1, 0.15) is 11.0 Å². The molecule has 0 bridgehead atoms. The van der Waals surface area contributed by atoms with Crippen LogP contribution in [-0.2, 0) is 23.7 Å². The van der Waals surface area contributed by atoms with Crippen molar-refractivity contribution in [2.24, 2.45) is 25.9 Å². The lowest BCUT2D eigenvalue weighted by molar-refractivity contribution is -0.137. The quantitative estimate of drug-likeness (QED) is 0.0997. The molecule has 0 unspecified atom stereocenters. The zero-order valence-corrected chi connectivity index (χ0v) is 32.1. The number of rotatable bonds is 9. The summed E-state index contributed by atoms with van der Waals surface area (Å²) in [6.07, 6.45) is 5.38. The molecule has 6 heterocycles. The predicted molar refractivity (Wildman–Crippen MR) is 195 cm³/mol. The van der Waals surface area contributed by atoms with Crippen LogP contribution in [0.2, 0.25) is 0 Å². The van der Waals surface area contributed by atoms with Crippen LogP contribution in [0.1, 0.15) is 39.1 Å². The Balaban J connectivity index is 0.000000224. The first-order chi connectivity index (χ1) is 26.7. The van der Waals surface area contributed by atoms with Gasteiger partial charge in [-0.25, -0.2) is 29.3 Å². The van der Waals surface area contributed by atoms with Crippen molar-refractivity contribution in [2.75, 3.05) is 0 Å². The summed E-state index contributed by atoms with van der Waals surface area (Å²) in [6, 6.07) is 0. The molecule has 0 spiro atoms. The van der Waals surface area contributed by atoms with Crippen LogP contribution in [0.5, 0.6) is 23.3 Å². The highest BCUT2D eigenvalue weighted by molar-refractivity contribution is 6.63. The van der Waals surface area contributed by atoms with Crippen molar-refractivity contribution in [1.82, 2.24) is 49.5 Å². The van der Waals surface area contributed by atoms with E-state index >= 15 is 0 Å². The fourth-order valence-electron chi connectivity index (χ4n) is 5.05. The number of ether oxygens (including phenoxy) is 3. The lowest BCUT2D eigenvalue weighted by atomic mass is 10.1. The van der Waals surface area contributed by atoms with Gasteiger partial charge in [-0.1, -0.05) is 27.7 Å². The van der Waals surface area contributed by atoms with Gasteiger partial charge in [0.05, 0.1) is 39.6 Å². The Morgan fingerprint density at radius 1 is 0.702 bits per heavy atom. The molecule has 6 rings (SSSR count). The van der Waals surface area contributed by atoms with Gasteiger partial charge in [-0.3, -0.25) is 19.2 Å². The molecule has 57 heavy (non-hydrogen) atoms. The molecule has 23 heteroatoms. The van der Waals surface area contributed by atoms with Crippen LogP contribution < -0.4 is 25.3 Å². The molecule has 6 aromatic rings. The van der Waals surface area contributed by atoms with Crippen LogP contribution in [0.25, 0.3) is 44.6 Å². The second kappa shape index (κ2) is 18.0. The van der Waals surface area contributed by atoms with Crippen molar-refractivity contribution < 1.29 is 46.5 Å². The molecule has 0 saturated carbocycles. The maximum absolute atomic E-state index is 12.9. The van der Waals surface area contributed by atoms with E-state index in [1.165, 1.54) is 52.7 Å². The molecule has 0 atom stereocenters. The standard InChI is InChI=1S/C17H17F2N5O4.C13H11F2N5O3.C4H7ClO/c1-7(2)16(26)27-12-10(14(25)22-13-11(12)20-5-6-21-13)9-8(3)23-24(4)15(9)28-17(18)19;1-5-6(12(20(2)19-5)23-13(14)15)7-9(21)8-10(18-11(7)22)17-4-3-16-8;1-3(2)4(5)6/h5-7,17H,1-4H3,(H,21,22,25);3-4,13H,1-2H3,(H2,17,18,21,22);3H,1-2H3. The minimum atomic E-state index is -3.14. The van der Waals surface area contributed by atoms with Gasteiger partial charge < -0.3 is 29.3 Å². The molecule has 0 fully saturated rings. The number of fused-ring (bicyclic) bond motifs is 2. The molecular formula is C34H35ClF4N10O8. The number of nitrogens with zero attached hydrogens (tertiary/aromatic N) is 8. The van der Waals surface area contributed by atoms with E-state index in [-0.39, 0.29) is 84.6 Å². The number of alkyl halides is 4. The van der Waals surface area contributed by atoms with Gasteiger partial charge in [-0.2, -0.15) is 27.8 Å². The second-order valence-corrected chi connectivity index (χ2v) is 12.8. The SMILES string of the molecule is CC(C)C(=O)Cl.Cc1nn(C)c(OC(F)F)c1-c1c(O)c2nccnc2[nH]c1=O.Cc1nn(C)c(OC(F)F)c1-c1c(OC(=O)C(C)C)c2nccnc2[nH]c1=O. The number of carbonyl (C=O) groups excluding carboxylic acids is 2. The average Bonchev–Trinajstić information content (AvgIpc) is 3.55. The van der Waals surface area contributed by atoms with E-state index in [2.05, 4.69) is 49.6 Å². The average molecular weight is 823 g/mol. The van der Waals surface area contributed by atoms with E-state index in [9.17, 15) is 41.8 Å². The number of aromatic amines is 2. The summed E-state index contributed by atoms with van der Waals surface area (Å²) in [6.45, 7) is 3.52. The van der Waals surface area contributed by atoms with Gasteiger partial charge in [0.2, 0.25) is 17.0 Å². The summed E-state index contributed by atoms with van der Waals surface area (Å²) in [7, 11) is 2.78. The first kappa shape index (κ1) is 43.3. The minimum Gasteiger partial charge on any atom is -0.505 e. The first-order valence-corrected chi connectivity index (χ1v) is 16.9. The van der Waals surface area contributed by atoms with Crippen molar-refractivity contribution in [3.63, 3.8) is 0 Å². The lowest BCUT2D eigenvalue weighted by Gasteiger charge is -2.14. The highest BCUT2D eigenvalue weighted by atomic mass is 35.5. The smallest absolute Gasteiger partial charge is 0.388 e. The molecule has 0 aromatic carbocycles. The Hall–Kier alpha value is -6.45. The van der Waals surface area contributed by atoms with Crippen LogP contribution in [0, 0.1) is 25.7 Å². The number of aromatic nitrogens is 10. The van der Waals surface area contributed by atoms with Crippen molar-refractivity contribution in [3.05, 3.63) is 56.9 Å². The van der Waals surface area contributed by atoms with E-state index in [0.29, 0.717) is 0 Å². The van der Waals surface area contributed by atoms with Crippen molar-refractivity contribution in [3.8, 4) is 45.5 Å². The third kappa shape index (κ3) is 9.69. The van der Waals surface area contributed by atoms with Gasteiger partial charge in [0.15, 0.2) is 22.8 Å². The second-order valence-electron chi connectivity index (χ2n) is 12.4. The number of aromatic hydroxyl groups is 1. The van der Waals surface area contributed by atoms with E-state index in [0.717, 1.165) is 9.36 Å². The Bertz CT molecular complexity index is 2550. The van der Waals surface area contributed by atoms with Crippen LogP contribution in [0.15, 0.2) is 34.4 Å². The molecule has 0 radical (unpaired) electrons. The number of hydrogen-bond acceptors (Lipinski definition) is 14. The number of carbonyl (C=O) groups is 2. The monoisotopic (exact) mass is 822 g/mol. The van der Waals surface area contributed by atoms with Gasteiger partial charge in [-0.15, -0.1) is 0 Å². The number of aryl methyl sites for hydroxylation is 4. The van der Waals surface area contributed by atoms with E-state index in [1.807, 2.05) is 0 Å². The first-order valence-electron chi connectivity index (χ1n) is 16.6. The van der Waals surface area contributed by atoms with Gasteiger partial charge in [0, 0.05) is 44.8 Å². The number of halogens is 5. The highest BCUT2D eigenvalue weighted by Gasteiger charge is 2.30. The van der Waals surface area contributed by atoms with Gasteiger partial charge in [-0.05, 0) is 25.4 Å². The van der Waals surface area contributed by atoms with Crippen molar-refractivity contribution >= 4 is 45.1 Å². The summed E-state index contributed by atoms with van der Waals surface area (Å²) in [5, 5.41) is 18.1. The molecule has 18 nitrogen and oxygen atoms in total. The molecule has 0 aliphatic heterocycles. The van der Waals surface area contributed by atoms with Crippen molar-refractivity contribution in [1.29, 1.82) is 0 Å². The molecule has 0 saturated heterocycles. The maximum Gasteiger partial charge on any atom is 0.388 e. The summed E-state index contributed by atoms with van der Waals surface area (Å²) in [5.41, 5.74) is -1.16. The molecule has 0 amide bonds. The summed E-state index contributed by atoms with van der Waals surface area (Å²) < 4.78 is 67.7. The third-order valence-corrected chi connectivity index (χ3v) is 8.02. The number of nitrogens with one attached hydrogen (secondary N) is 2. The van der Waals surface area contributed by atoms with Crippen LogP contribution >= 0.6 is 11.6 Å². The molecule has 6 aromatic heterocycles. The van der Waals surface area contributed by atoms with E-state index < -0.39 is 42.0 Å². The fraction of sp³-hybridized carbons (Fsp3) is 0.353. The van der Waals surface area contributed by atoms with Gasteiger partial charge >= 0.3 is 19.2 Å². The van der Waals surface area contributed by atoms with Gasteiger partial charge in [0.25, 0.3) is 11.1 Å². The Morgan fingerprint density at radius 3 is 1.54 bits per heavy atom. The third-order valence-electron chi connectivity index (χ3n) is 7.59. The van der Waals surface area contributed by atoms with Crippen LogP contribution in [0.3, 0.4) is 0 Å². The normalized spacial score (nSPS) is 11.2. The molecule has 304 valence electrons. The lowest BCUT2D eigenvalue weighted by Crippen LogP contribution is -2.20. The zero-order chi connectivity index (χ0) is 42.5. The highest BCUT2D eigenvalue weighted by Crippen LogP contribution is 2.40. The summed E-state index contributed by atoms with van der Waals surface area (Å²) in [5.74, 6) is -2.51.